The van der Waals surface area contributed by atoms with E-state index in [1.165, 1.54) is 37.5 Å². The van der Waals surface area contributed by atoms with Crippen molar-refractivity contribution in [3.8, 4) is 5.75 Å². The molecule has 0 aromatic heterocycles. The molecule has 0 aliphatic carbocycles. The van der Waals surface area contributed by atoms with Crippen LogP contribution >= 0.6 is 0 Å². The molecule has 0 saturated heterocycles. The third kappa shape index (κ3) is 6.77. The second kappa shape index (κ2) is 10.0. The fourth-order valence-corrected chi connectivity index (χ4v) is 2.63. The highest BCUT2D eigenvalue weighted by Gasteiger charge is 2.29. The number of hydrogen-bond donors (Lipinski definition) is 2. The number of ether oxygens (including phenoxy) is 2. The molecule has 166 valence electrons. The number of hydrogen-bond acceptors (Lipinski definition) is 4. The van der Waals surface area contributed by atoms with Crippen molar-refractivity contribution < 1.29 is 37.3 Å². The molecule has 1 amide bonds. The zero-order valence-corrected chi connectivity index (χ0v) is 17.1. The molecule has 0 aliphatic rings. The van der Waals surface area contributed by atoms with E-state index in [0.717, 1.165) is 12.1 Å². The van der Waals surface area contributed by atoms with Crippen molar-refractivity contribution in [3.05, 3.63) is 70.5 Å². The Kier molecular flexibility index (Phi) is 7.68. The lowest BCUT2D eigenvalue weighted by molar-refractivity contribution is -0.138. The monoisotopic (exact) mass is 437 g/mol. The summed E-state index contributed by atoms with van der Waals surface area (Å²) in [6.07, 6.45) is -3.50. The minimum absolute atomic E-state index is 0.00295. The molecule has 2 aromatic rings. The Morgan fingerprint density at radius 3 is 2.29 bits per heavy atom. The van der Waals surface area contributed by atoms with E-state index in [4.69, 9.17) is 9.47 Å². The minimum Gasteiger partial charge on any atom is -0.496 e. The number of benzene rings is 2. The van der Waals surface area contributed by atoms with Gasteiger partial charge < -0.3 is 19.9 Å². The molecule has 0 aliphatic heterocycles. The maximum absolute atomic E-state index is 12.7. The van der Waals surface area contributed by atoms with Crippen LogP contribution in [-0.2, 0) is 22.3 Å². The van der Waals surface area contributed by atoms with Crippen LogP contribution in [0.4, 0.5) is 13.2 Å². The van der Waals surface area contributed by atoms with Gasteiger partial charge >= 0.3 is 12.1 Å². The summed E-state index contributed by atoms with van der Waals surface area (Å²) < 4.78 is 48.4. The summed E-state index contributed by atoms with van der Waals surface area (Å²) in [6.45, 7) is 3.37. The molecule has 2 N–H and O–H groups in total. The topological polar surface area (TPSA) is 84.9 Å². The second-order valence-corrected chi connectivity index (χ2v) is 6.82. The molecule has 0 unspecified atom stereocenters. The number of carboxylic acid groups (broad SMARTS) is 1. The van der Waals surface area contributed by atoms with Crippen molar-refractivity contribution in [2.75, 3.05) is 7.11 Å². The van der Waals surface area contributed by atoms with Gasteiger partial charge in [0.1, 0.15) is 5.75 Å². The van der Waals surface area contributed by atoms with Crippen molar-refractivity contribution in [2.24, 2.45) is 0 Å². The van der Waals surface area contributed by atoms with E-state index in [-0.39, 0.29) is 29.7 Å². The van der Waals surface area contributed by atoms with Crippen molar-refractivity contribution in [1.82, 2.24) is 5.32 Å². The van der Waals surface area contributed by atoms with E-state index in [0.29, 0.717) is 11.1 Å². The van der Waals surface area contributed by atoms with Gasteiger partial charge in [0.15, 0.2) is 0 Å². The van der Waals surface area contributed by atoms with Crippen molar-refractivity contribution in [2.45, 2.75) is 32.7 Å². The van der Waals surface area contributed by atoms with Gasteiger partial charge in [0.2, 0.25) is 5.76 Å². The largest absolute Gasteiger partial charge is 0.496 e. The van der Waals surface area contributed by atoms with Crippen molar-refractivity contribution >= 4 is 18.0 Å². The number of amides is 1. The highest BCUT2D eigenvalue weighted by atomic mass is 19.4. The molecule has 0 spiro atoms. The molecule has 2 rings (SSSR count). The van der Waals surface area contributed by atoms with Gasteiger partial charge in [0.25, 0.3) is 5.91 Å². The molecule has 9 heteroatoms. The van der Waals surface area contributed by atoms with Gasteiger partial charge in [-0.2, -0.15) is 13.2 Å². The predicted molar refractivity (Wildman–Crippen MR) is 107 cm³/mol. The average Bonchev–Trinajstić information content (AvgIpc) is 2.70. The van der Waals surface area contributed by atoms with Gasteiger partial charge in [-0.15, -0.1) is 0 Å². The summed E-state index contributed by atoms with van der Waals surface area (Å²) in [5.41, 5.74) is 0.243. The number of carbonyl (C=O) groups is 2. The number of aliphatic carboxylic acids is 1. The summed E-state index contributed by atoms with van der Waals surface area (Å²) >= 11 is 0. The SMILES string of the molecule is COc1ccc(/C=C(\OC(C)C)C(=O)O)cc1C(=O)NCc1ccc(C(F)(F)F)cc1. The predicted octanol–water partition coefficient (Wildman–Crippen LogP) is 4.49. The summed E-state index contributed by atoms with van der Waals surface area (Å²) in [5.74, 6) is -1.81. The van der Waals surface area contributed by atoms with Gasteiger partial charge in [0, 0.05) is 6.54 Å². The fourth-order valence-electron chi connectivity index (χ4n) is 2.63. The van der Waals surface area contributed by atoms with Crippen LogP contribution in [0.3, 0.4) is 0 Å². The summed E-state index contributed by atoms with van der Waals surface area (Å²) in [7, 11) is 1.38. The first-order valence-electron chi connectivity index (χ1n) is 9.25. The number of halogens is 3. The Balaban J connectivity index is 2.21. The Hall–Kier alpha value is -3.49. The third-order valence-electron chi connectivity index (χ3n) is 4.07. The maximum atomic E-state index is 12.7. The summed E-state index contributed by atoms with van der Waals surface area (Å²) in [4.78, 5) is 24.0. The number of carbonyl (C=O) groups excluding carboxylic acids is 1. The Bertz CT molecular complexity index is 966. The molecule has 0 atom stereocenters. The number of rotatable bonds is 8. The molecule has 0 fully saturated rings. The van der Waals surface area contributed by atoms with E-state index in [9.17, 15) is 27.9 Å². The molecule has 2 aromatic carbocycles. The number of nitrogens with one attached hydrogen (secondary N) is 1. The van der Waals surface area contributed by atoms with Crippen LogP contribution in [0.5, 0.6) is 5.75 Å². The van der Waals surface area contributed by atoms with Crippen molar-refractivity contribution in [3.63, 3.8) is 0 Å². The van der Waals surface area contributed by atoms with Gasteiger partial charge in [-0.3, -0.25) is 4.79 Å². The molecule has 0 saturated carbocycles. The van der Waals surface area contributed by atoms with Gasteiger partial charge in [0.05, 0.1) is 24.3 Å². The van der Waals surface area contributed by atoms with Crippen molar-refractivity contribution in [1.29, 1.82) is 0 Å². The molecule has 0 heterocycles. The quantitative estimate of drug-likeness (QED) is 0.469. The molecular weight excluding hydrogens is 415 g/mol. The third-order valence-corrected chi connectivity index (χ3v) is 4.07. The van der Waals surface area contributed by atoms with Crippen LogP contribution in [-0.4, -0.2) is 30.2 Å². The van der Waals surface area contributed by atoms with E-state index in [1.807, 2.05) is 0 Å². The first-order valence-corrected chi connectivity index (χ1v) is 9.25. The molecule has 6 nitrogen and oxygen atoms in total. The Labute approximate surface area is 177 Å². The molecular formula is C22H22F3NO5. The van der Waals surface area contributed by atoms with Gasteiger partial charge in [-0.25, -0.2) is 4.79 Å². The minimum atomic E-state index is -4.43. The number of methoxy groups -OCH3 is 1. The lowest BCUT2D eigenvalue weighted by Crippen LogP contribution is -2.23. The maximum Gasteiger partial charge on any atom is 0.416 e. The van der Waals surface area contributed by atoms with Gasteiger partial charge in [-0.05, 0) is 55.3 Å². The smallest absolute Gasteiger partial charge is 0.416 e. The van der Waals surface area contributed by atoms with E-state index < -0.39 is 23.6 Å². The second-order valence-electron chi connectivity index (χ2n) is 6.82. The fraction of sp³-hybridized carbons (Fsp3) is 0.273. The molecule has 31 heavy (non-hydrogen) atoms. The summed E-state index contributed by atoms with van der Waals surface area (Å²) in [6, 6.07) is 8.95. The van der Waals surface area contributed by atoms with E-state index in [1.54, 1.807) is 19.9 Å². The van der Waals surface area contributed by atoms with Crippen LogP contribution < -0.4 is 10.1 Å². The lowest BCUT2D eigenvalue weighted by atomic mass is 10.1. The highest BCUT2D eigenvalue weighted by Crippen LogP contribution is 2.29. The zero-order valence-electron chi connectivity index (χ0n) is 17.1. The Morgan fingerprint density at radius 2 is 1.77 bits per heavy atom. The summed E-state index contributed by atoms with van der Waals surface area (Å²) in [5, 5.41) is 11.9. The van der Waals surface area contributed by atoms with Crippen LogP contribution in [0.25, 0.3) is 6.08 Å². The lowest BCUT2D eigenvalue weighted by Gasteiger charge is -2.12. The highest BCUT2D eigenvalue weighted by molar-refractivity contribution is 5.98. The number of carboxylic acids is 1. The van der Waals surface area contributed by atoms with Crippen LogP contribution in [0.1, 0.15) is 40.9 Å². The number of alkyl halides is 3. The Morgan fingerprint density at radius 1 is 1.13 bits per heavy atom. The zero-order chi connectivity index (χ0) is 23.2. The van der Waals surface area contributed by atoms with E-state index in [2.05, 4.69) is 5.32 Å². The van der Waals surface area contributed by atoms with Crippen LogP contribution in [0, 0.1) is 0 Å². The van der Waals surface area contributed by atoms with Crippen LogP contribution in [0.15, 0.2) is 48.2 Å². The molecule has 0 bridgehead atoms. The average molecular weight is 437 g/mol. The standard InChI is InChI=1S/C22H22F3NO5/c1-13(2)31-19(21(28)29)11-15-6-9-18(30-3)17(10-15)20(27)26-12-14-4-7-16(8-5-14)22(23,24)25/h4-11,13H,12H2,1-3H3,(H,26,27)(H,28,29)/b19-11-. The normalized spacial score (nSPS) is 11.9. The van der Waals surface area contributed by atoms with Crippen LogP contribution in [0.2, 0.25) is 0 Å². The first-order chi connectivity index (χ1) is 14.5. The van der Waals surface area contributed by atoms with Gasteiger partial charge in [-0.1, -0.05) is 18.2 Å². The van der Waals surface area contributed by atoms with E-state index >= 15 is 0 Å². The first kappa shape index (κ1) is 23.8. The molecule has 0 radical (unpaired) electrons.